The molecule has 2 aromatic heterocycles. The van der Waals surface area contributed by atoms with E-state index in [9.17, 15) is 0 Å². The zero-order chi connectivity index (χ0) is 13.5. The number of fused-ring (bicyclic) bond motifs is 2. The van der Waals surface area contributed by atoms with Crippen LogP contribution in [0.25, 0.3) is 21.7 Å². The summed E-state index contributed by atoms with van der Waals surface area (Å²) >= 11 is 3.90. The highest BCUT2D eigenvalue weighted by molar-refractivity contribution is 7.98. The van der Waals surface area contributed by atoms with Crippen molar-refractivity contribution in [1.82, 2.24) is 9.97 Å². The lowest BCUT2D eigenvalue weighted by atomic mass is 10.2. The van der Waals surface area contributed by atoms with Crippen molar-refractivity contribution in [3.05, 3.63) is 40.3 Å². The van der Waals surface area contributed by atoms with Crippen molar-refractivity contribution in [2.75, 3.05) is 5.75 Å². The Morgan fingerprint density at radius 1 is 1.35 bits per heavy atom. The molecule has 102 valence electrons. The average molecular weight is 301 g/mol. The number of aryl methyl sites for hydroxylation is 1. The van der Waals surface area contributed by atoms with Crippen LogP contribution in [0, 0.1) is 0 Å². The maximum absolute atomic E-state index is 5.79. The van der Waals surface area contributed by atoms with Gasteiger partial charge in [-0.25, -0.2) is 4.98 Å². The first-order chi connectivity index (χ1) is 9.85. The fraction of sp³-hybridized carbons (Fsp3) is 0.267. The van der Waals surface area contributed by atoms with Crippen molar-refractivity contribution in [1.29, 1.82) is 0 Å². The minimum Gasteiger partial charge on any atom is -0.337 e. The number of H-pyrrole nitrogens is 1. The number of imidazole rings is 1. The van der Waals surface area contributed by atoms with Gasteiger partial charge in [-0.3, -0.25) is 0 Å². The van der Waals surface area contributed by atoms with Gasteiger partial charge in [0.1, 0.15) is 5.82 Å². The normalized spacial score (nSPS) is 14.7. The zero-order valence-electron chi connectivity index (χ0n) is 11.0. The van der Waals surface area contributed by atoms with Crippen LogP contribution in [0.2, 0.25) is 0 Å². The lowest BCUT2D eigenvalue weighted by molar-refractivity contribution is 1.08. The first-order valence-electron chi connectivity index (χ1n) is 6.72. The number of aromatic nitrogens is 2. The van der Waals surface area contributed by atoms with Crippen LogP contribution >= 0.6 is 23.1 Å². The van der Waals surface area contributed by atoms with Gasteiger partial charge in [-0.15, -0.1) is 11.3 Å². The van der Waals surface area contributed by atoms with Crippen molar-refractivity contribution in [3.63, 3.8) is 0 Å². The van der Waals surface area contributed by atoms with Gasteiger partial charge in [-0.1, -0.05) is 12.1 Å². The summed E-state index contributed by atoms with van der Waals surface area (Å²) < 4.78 is 0. The largest absolute Gasteiger partial charge is 0.337 e. The highest BCUT2D eigenvalue weighted by atomic mass is 32.2. The van der Waals surface area contributed by atoms with Gasteiger partial charge in [-0.05, 0) is 35.4 Å². The van der Waals surface area contributed by atoms with E-state index in [4.69, 9.17) is 10.7 Å². The maximum Gasteiger partial charge on any atom is 0.148 e. The number of thioether (sulfide) groups is 1. The molecular weight excluding hydrogens is 286 g/mol. The molecule has 0 saturated heterocycles. The van der Waals surface area contributed by atoms with Crippen LogP contribution in [0.1, 0.15) is 16.0 Å². The Balaban J connectivity index is 1.84. The summed E-state index contributed by atoms with van der Waals surface area (Å²) in [6.07, 6.45) is 1.19. The van der Waals surface area contributed by atoms with E-state index in [0.717, 1.165) is 28.2 Å². The van der Waals surface area contributed by atoms with Crippen LogP contribution in [0.15, 0.2) is 24.3 Å². The molecule has 1 aliphatic heterocycles. The third-order valence-corrected chi connectivity index (χ3v) is 5.93. The second-order valence-corrected chi connectivity index (χ2v) is 7.21. The second kappa shape index (κ2) is 4.91. The Bertz CT molecular complexity index is 749. The van der Waals surface area contributed by atoms with Gasteiger partial charge in [0.25, 0.3) is 0 Å². The van der Waals surface area contributed by atoms with Gasteiger partial charge >= 0.3 is 0 Å². The lowest BCUT2D eigenvalue weighted by Gasteiger charge is -2.08. The van der Waals surface area contributed by atoms with E-state index in [-0.39, 0.29) is 0 Å². The van der Waals surface area contributed by atoms with Gasteiger partial charge in [0.2, 0.25) is 0 Å². The topological polar surface area (TPSA) is 54.7 Å². The molecule has 0 unspecified atom stereocenters. The Hall–Kier alpha value is -1.30. The van der Waals surface area contributed by atoms with Gasteiger partial charge in [-0.2, -0.15) is 11.8 Å². The summed E-state index contributed by atoms with van der Waals surface area (Å²) in [5.74, 6) is 3.36. The molecule has 0 spiro atoms. The number of hydrogen-bond donors (Lipinski definition) is 2. The Kier molecular flexibility index (Phi) is 3.06. The molecule has 0 aliphatic carbocycles. The summed E-state index contributed by atoms with van der Waals surface area (Å²) in [4.78, 5) is 11.0. The van der Waals surface area contributed by atoms with E-state index in [1.807, 2.05) is 35.2 Å². The fourth-order valence-electron chi connectivity index (χ4n) is 2.64. The summed E-state index contributed by atoms with van der Waals surface area (Å²) in [5, 5.41) is 0. The smallest absolute Gasteiger partial charge is 0.148 e. The number of nitrogens with one attached hydrogen (secondary N) is 1. The number of benzene rings is 1. The molecule has 3 aromatic rings. The molecule has 3 nitrogen and oxygen atoms in total. The number of rotatable bonds is 2. The number of aromatic amines is 1. The quantitative estimate of drug-likeness (QED) is 0.761. The van der Waals surface area contributed by atoms with Crippen LogP contribution in [-0.4, -0.2) is 15.7 Å². The van der Waals surface area contributed by atoms with Gasteiger partial charge < -0.3 is 10.7 Å². The zero-order valence-corrected chi connectivity index (χ0v) is 12.6. The fourth-order valence-corrected chi connectivity index (χ4v) is 4.95. The maximum atomic E-state index is 5.79. The molecular formula is C15H15N3S2. The summed E-state index contributed by atoms with van der Waals surface area (Å²) in [5.41, 5.74) is 10.5. The van der Waals surface area contributed by atoms with E-state index >= 15 is 0 Å². The van der Waals surface area contributed by atoms with Gasteiger partial charge in [0.05, 0.1) is 15.9 Å². The molecule has 20 heavy (non-hydrogen) atoms. The molecule has 0 radical (unpaired) electrons. The number of nitrogens with zero attached hydrogens (tertiary/aromatic N) is 1. The number of thiophene rings is 1. The van der Waals surface area contributed by atoms with E-state index in [0.29, 0.717) is 6.54 Å². The van der Waals surface area contributed by atoms with Crippen LogP contribution in [0.5, 0.6) is 0 Å². The van der Waals surface area contributed by atoms with Gasteiger partial charge in [0, 0.05) is 17.2 Å². The van der Waals surface area contributed by atoms with Crippen LogP contribution < -0.4 is 5.73 Å². The van der Waals surface area contributed by atoms with Crippen molar-refractivity contribution >= 4 is 34.1 Å². The molecule has 4 rings (SSSR count). The Morgan fingerprint density at radius 2 is 2.30 bits per heavy atom. The van der Waals surface area contributed by atoms with Crippen molar-refractivity contribution in [3.8, 4) is 10.7 Å². The van der Waals surface area contributed by atoms with E-state index in [1.165, 1.54) is 27.5 Å². The molecule has 0 fully saturated rings. The molecule has 0 bridgehead atoms. The van der Waals surface area contributed by atoms with Crippen molar-refractivity contribution in [2.24, 2.45) is 5.73 Å². The number of hydrogen-bond acceptors (Lipinski definition) is 4. The predicted octanol–water partition coefficient (Wildman–Crippen LogP) is 3.54. The lowest BCUT2D eigenvalue weighted by Crippen LogP contribution is -1.96. The molecule has 1 aromatic carbocycles. The van der Waals surface area contributed by atoms with Gasteiger partial charge in [0.15, 0.2) is 0 Å². The highest BCUT2D eigenvalue weighted by Crippen LogP contribution is 2.36. The van der Waals surface area contributed by atoms with Crippen molar-refractivity contribution < 1.29 is 0 Å². The third-order valence-electron chi connectivity index (χ3n) is 3.68. The van der Waals surface area contributed by atoms with E-state index in [2.05, 4.69) is 17.1 Å². The minimum atomic E-state index is 0.527. The summed E-state index contributed by atoms with van der Waals surface area (Å²) in [6, 6.07) is 8.44. The standard InChI is InChI=1S/C15H15N3S2/c16-7-9-2-1-3-11-14(9)18-15(17-11)13-6-10-8-19-5-4-12(10)20-13/h1-3,6H,4-5,7-8,16H2,(H,17,18). The van der Waals surface area contributed by atoms with Crippen LogP contribution in [-0.2, 0) is 18.7 Å². The monoisotopic (exact) mass is 301 g/mol. The predicted molar refractivity (Wildman–Crippen MR) is 87.2 cm³/mol. The molecule has 1 aliphatic rings. The van der Waals surface area contributed by atoms with Crippen molar-refractivity contribution in [2.45, 2.75) is 18.7 Å². The SMILES string of the molecule is NCc1cccc2[nH]c(-c3cc4c(s3)CCSC4)nc12. The molecule has 3 N–H and O–H groups in total. The third kappa shape index (κ3) is 1.97. The first kappa shape index (κ1) is 12.4. The Labute approximate surface area is 125 Å². The second-order valence-electron chi connectivity index (χ2n) is 4.96. The molecule has 5 heteroatoms. The van der Waals surface area contributed by atoms with Crippen LogP contribution in [0.3, 0.4) is 0 Å². The molecule has 0 saturated carbocycles. The summed E-state index contributed by atoms with van der Waals surface area (Å²) in [6.45, 7) is 0.527. The average Bonchev–Trinajstić information content (AvgIpc) is 3.09. The van der Waals surface area contributed by atoms with Crippen LogP contribution in [0.4, 0.5) is 0 Å². The molecule has 0 amide bonds. The Morgan fingerprint density at radius 3 is 3.15 bits per heavy atom. The highest BCUT2D eigenvalue weighted by Gasteiger charge is 2.16. The van der Waals surface area contributed by atoms with E-state index < -0.39 is 0 Å². The molecule has 3 heterocycles. The number of para-hydroxylation sites is 1. The number of nitrogens with two attached hydrogens (primary N) is 1. The first-order valence-corrected chi connectivity index (χ1v) is 8.69. The van der Waals surface area contributed by atoms with E-state index in [1.54, 1.807) is 0 Å². The molecule has 0 atom stereocenters. The summed E-state index contributed by atoms with van der Waals surface area (Å²) in [7, 11) is 0. The minimum absolute atomic E-state index is 0.527.